The van der Waals surface area contributed by atoms with Crippen LogP contribution in [-0.2, 0) is 6.61 Å². The predicted octanol–water partition coefficient (Wildman–Crippen LogP) is 4.24. The molecule has 0 amide bonds. The SMILES string of the molecule is Cc1cccc(COc2ccc(C(=O)CN3CCCCC3)cc2)c1. The molecule has 0 aromatic heterocycles. The van der Waals surface area contributed by atoms with Crippen molar-refractivity contribution in [3.05, 3.63) is 65.2 Å². The lowest BCUT2D eigenvalue weighted by atomic mass is 10.1. The Balaban J connectivity index is 1.53. The number of ketones is 1. The zero-order valence-electron chi connectivity index (χ0n) is 14.3. The maximum absolute atomic E-state index is 12.4. The number of piperidine rings is 1. The Hall–Kier alpha value is -2.13. The Morgan fingerprint density at radius 2 is 1.79 bits per heavy atom. The Morgan fingerprint density at radius 3 is 2.50 bits per heavy atom. The molecule has 1 heterocycles. The van der Waals surface area contributed by atoms with Crippen LogP contribution in [0.1, 0.15) is 40.7 Å². The van der Waals surface area contributed by atoms with Crippen LogP contribution >= 0.6 is 0 Å². The smallest absolute Gasteiger partial charge is 0.176 e. The predicted molar refractivity (Wildman–Crippen MR) is 96.6 cm³/mol. The van der Waals surface area contributed by atoms with Gasteiger partial charge in [0.25, 0.3) is 0 Å². The summed E-state index contributed by atoms with van der Waals surface area (Å²) >= 11 is 0. The van der Waals surface area contributed by atoms with Crippen LogP contribution in [0.2, 0.25) is 0 Å². The van der Waals surface area contributed by atoms with E-state index in [1.54, 1.807) is 0 Å². The van der Waals surface area contributed by atoms with Crippen molar-refractivity contribution < 1.29 is 9.53 Å². The molecule has 2 aromatic carbocycles. The highest BCUT2D eigenvalue weighted by molar-refractivity contribution is 5.97. The van der Waals surface area contributed by atoms with Gasteiger partial charge in [0.1, 0.15) is 12.4 Å². The molecule has 3 heteroatoms. The van der Waals surface area contributed by atoms with E-state index in [-0.39, 0.29) is 5.78 Å². The molecule has 0 radical (unpaired) electrons. The van der Waals surface area contributed by atoms with Gasteiger partial charge in [0.15, 0.2) is 5.78 Å². The van der Waals surface area contributed by atoms with Crippen molar-refractivity contribution in [2.24, 2.45) is 0 Å². The van der Waals surface area contributed by atoms with Crippen LogP contribution in [0.3, 0.4) is 0 Å². The van der Waals surface area contributed by atoms with E-state index in [1.165, 1.54) is 24.8 Å². The standard InChI is InChI=1S/C21H25NO2/c1-17-6-5-7-18(14-17)16-24-20-10-8-19(9-11-20)21(23)15-22-12-3-2-4-13-22/h5-11,14H,2-4,12-13,15-16H2,1H3. The highest BCUT2D eigenvalue weighted by Gasteiger charge is 2.15. The largest absolute Gasteiger partial charge is 0.489 e. The number of Topliss-reactive ketones (excluding diaryl/α,β-unsaturated/α-hetero) is 1. The summed E-state index contributed by atoms with van der Waals surface area (Å²) in [6, 6.07) is 15.8. The van der Waals surface area contributed by atoms with E-state index < -0.39 is 0 Å². The molecule has 0 saturated carbocycles. The average molecular weight is 323 g/mol. The Kier molecular flexibility index (Phi) is 5.65. The second-order valence-corrected chi connectivity index (χ2v) is 6.56. The Labute approximate surface area is 144 Å². The van der Waals surface area contributed by atoms with E-state index in [1.807, 2.05) is 30.3 Å². The highest BCUT2D eigenvalue weighted by atomic mass is 16.5. The van der Waals surface area contributed by atoms with Gasteiger partial charge < -0.3 is 4.74 Å². The van der Waals surface area contributed by atoms with Crippen molar-refractivity contribution >= 4 is 5.78 Å². The lowest BCUT2D eigenvalue weighted by Gasteiger charge is -2.25. The van der Waals surface area contributed by atoms with E-state index in [4.69, 9.17) is 4.74 Å². The maximum Gasteiger partial charge on any atom is 0.176 e. The van der Waals surface area contributed by atoms with Gasteiger partial charge in [-0.15, -0.1) is 0 Å². The summed E-state index contributed by atoms with van der Waals surface area (Å²) < 4.78 is 5.81. The fraction of sp³-hybridized carbons (Fsp3) is 0.381. The van der Waals surface area contributed by atoms with Gasteiger partial charge >= 0.3 is 0 Å². The summed E-state index contributed by atoms with van der Waals surface area (Å²) in [5.41, 5.74) is 3.15. The second kappa shape index (κ2) is 8.11. The molecule has 0 atom stereocenters. The molecule has 2 aromatic rings. The Morgan fingerprint density at radius 1 is 1.04 bits per heavy atom. The molecule has 1 aliphatic heterocycles. The zero-order valence-corrected chi connectivity index (χ0v) is 14.3. The van der Waals surface area contributed by atoms with E-state index in [0.29, 0.717) is 13.2 Å². The second-order valence-electron chi connectivity index (χ2n) is 6.56. The monoisotopic (exact) mass is 323 g/mol. The highest BCUT2D eigenvalue weighted by Crippen LogP contribution is 2.16. The van der Waals surface area contributed by atoms with Gasteiger partial charge in [0.2, 0.25) is 0 Å². The first kappa shape index (κ1) is 16.7. The van der Waals surface area contributed by atoms with Gasteiger partial charge in [-0.25, -0.2) is 0 Å². The van der Waals surface area contributed by atoms with Gasteiger partial charge in [-0.2, -0.15) is 0 Å². The van der Waals surface area contributed by atoms with Crippen molar-refractivity contribution in [3.63, 3.8) is 0 Å². The van der Waals surface area contributed by atoms with Crippen LogP contribution in [0.15, 0.2) is 48.5 Å². The normalized spacial score (nSPS) is 15.2. The number of carbonyl (C=O) groups is 1. The number of benzene rings is 2. The van der Waals surface area contributed by atoms with Gasteiger partial charge in [-0.3, -0.25) is 9.69 Å². The molecule has 0 bridgehead atoms. The molecular formula is C21H25NO2. The minimum Gasteiger partial charge on any atom is -0.489 e. The summed E-state index contributed by atoms with van der Waals surface area (Å²) in [5.74, 6) is 0.994. The molecule has 0 N–H and O–H groups in total. The zero-order chi connectivity index (χ0) is 16.8. The van der Waals surface area contributed by atoms with Crippen molar-refractivity contribution in [1.82, 2.24) is 4.90 Å². The molecule has 1 aliphatic rings. The first-order valence-corrected chi connectivity index (χ1v) is 8.75. The topological polar surface area (TPSA) is 29.5 Å². The van der Waals surface area contributed by atoms with Crippen molar-refractivity contribution in [3.8, 4) is 5.75 Å². The van der Waals surface area contributed by atoms with Crippen LogP contribution in [0, 0.1) is 6.92 Å². The number of carbonyl (C=O) groups excluding carboxylic acids is 1. The first-order chi connectivity index (χ1) is 11.7. The molecule has 126 valence electrons. The number of hydrogen-bond acceptors (Lipinski definition) is 3. The van der Waals surface area contributed by atoms with Gasteiger partial charge in [-0.05, 0) is 62.7 Å². The van der Waals surface area contributed by atoms with E-state index in [0.717, 1.165) is 30.0 Å². The van der Waals surface area contributed by atoms with E-state index in [9.17, 15) is 4.79 Å². The van der Waals surface area contributed by atoms with Crippen LogP contribution in [0.25, 0.3) is 0 Å². The van der Waals surface area contributed by atoms with Crippen LogP contribution < -0.4 is 4.74 Å². The summed E-state index contributed by atoms with van der Waals surface area (Å²) in [6.07, 6.45) is 3.70. The van der Waals surface area contributed by atoms with E-state index in [2.05, 4.69) is 30.0 Å². The van der Waals surface area contributed by atoms with Crippen LogP contribution in [0.5, 0.6) is 5.75 Å². The third-order valence-corrected chi connectivity index (χ3v) is 4.48. The number of ether oxygens (including phenoxy) is 1. The van der Waals surface area contributed by atoms with Gasteiger partial charge in [-0.1, -0.05) is 36.2 Å². The molecule has 0 spiro atoms. The maximum atomic E-state index is 12.4. The van der Waals surface area contributed by atoms with Crippen molar-refractivity contribution in [2.75, 3.05) is 19.6 Å². The number of nitrogens with zero attached hydrogens (tertiary/aromatic N) is 1. The number of rotatable bonds is 6. The fourth-order valence-corrected chi connectivity index (χ4v) is 3.12. The van der Waals surface area contributed by atoms with Gasteiger partial charge in [0, 0.05) is 5.56 Å². The molecule has 1 fully saturated rings. The third kappa shape index (κ3) is 4.68. The minimum atomic E-state index is 0.196. The van der Waals surface area contributed by atoms with Crippen LogP contribution in [-0.4, -0.2) is 30.3 Å². The number of likely N-dealkylation sites (tertiary alicyclic amines) is 1. The minimum absolute atomic E-state index is 0.196. The van der Waals surface area contributed by atoms with Crippen molar-refractivity contribution in [2.45, 2.75) is 32.8 Å². The molecule has 1 saturated heterocycles. The van der Waals surface area contributed by atoms with Crippen molar-refractivity contribution in [1.29, 1.82) is 0 Å². The summed E-state index contributed by atoms with van der Waals surface area (Å²) in [6.45, 7) is 5.24. The summed E-state index contributed by atoms with van der Waals surface area (Å²) in [4.78, 5) is 14.6. The molecule has 24 heavy (non-hydrogen) atoms. The first-order valence-electron chi connectivity index (χ1n) is 8.75. The number of hydrogen-bond donors (Lipinski definition) is 0. The lowest BCUT2D eigenvalue weighted by Crippen LogP contribution is -2.34. The summed E-state index contributed by atoms with van der Waals surface area (Å²) in [7, 11) is 0. The fourth-order valence-electron chi connectivity index (χ4n) is 3.12. The lowest BCUT2D eigenvalue weighted by molar-refractivity contribution is 0.0915. The molecular weight excluding hydrogens is 298 g/mol. The third-order valence-electron chi connectivity index (χ3n) is 4.48. The molecule has 0 aliphatic carbocycles. The van der Waals surface area contributed by atoms with Gasteiger partial charge in [0.05, 0.1) is 6.54 Å². The average Bonchev–Trinajstić information content (AvgIpc) is 2.61. The molecule has 3 rings (SSSR count). The van der Waals surface area contributed by atoms with E-state index >= 15 is 0 Å². The Bertz CT molecular complexity index is 672. The quantitative estimate of drug-likeness (QED) is 0.745. The molecule has 0 unspecified atom stereocenters. The summed E-state index contributed by atoms with van der Waals surface area (Å²) in [5, 5.41) is 0. The molecule has 3 nitrogen and oxygen atoms in total. The number of aryl methyl sites for hydroxylation is 1. The van der Waals surface area contributed by atoms with Crippen LogP contribution in [0.4, 0.5) is 0 Å².